The average molecular weight is 306 g/mol. The van der Waals surface area contributed by atoms with Gasteiger partial charge in [0.05, 0.1) is 17.3 Å². The number of benzene rings is 1. The van der Waals surface area contributed by atoms with E-state index < -0.39 is 0 Å². The van der Waals surface area contributed by atoms with Gasteiger partial charge in [0.1, 0.15) is 11.9 Å². The molecular weight excluding hydrogens is 288 g/mol. The Morgan fingerprint density at radius 3 is 2.81 bits per heavy atom. The van der Waals surface area contributed by atoms with Crippen LogP contribution in [0.1, 0.15) is 19.8 Å². The third-order valence-electron chi connectivity index (χ3n) is 3.73. The van der Waals surface area contributed by atoms with E-state index in [2.05, 4.69) is 4.98 Å². The van der Waals surface area contributed by atoms with Gasteiger partial charge < -0.3 is 14.4 Å². The highest BCUT2D eigenvalue weighted by molar-refractivity contribution is 7.20. The van der Waals surface area contributed by atoms with Gasteiger partial charge >= 0.3 is 0 Å². The summed E-state index contributed by atoms with van der Waals surface area (Å²) in [6, 6.07) is 5.81. The second-order valence-corrected chi connectivity index (χ2v) is 6.13. The third kappa shape index (κ3) is 3.10. The van der Waals surface area contributed by atoms with Gasteiger partial charge in [-0.1, -0.05) is 11.3 Å². The Morgan fingerprint density at radius 1 is 1.38 bits per heavy atom. The summed E-state index contributed by atoms with van der Waals surface area (Å²) in [6.45, 7) is 3.14. The summed E-state index contributed by atoms with van der Waals surface area (Å²) in [5, 5.41) is 0.694. The number of hydrogen-bond donors (Lipinski definition) is 0. The number of thiazole rings is 1. The van der Waals surface area contributed by atoms with Crippen LogP contribution in [0.15, 0.2) is 18.2 Å². The molecule has 6 heteroatoms. The largest absolute Gasteiger partial charge is 0.497 e. The molecule has 0 unspecified atom stereocenters. The minimum absolute atomic E-state index is 0.139. The normalized spacial score (nSPS) is 16.2. The maximum Gasteiger partial charge on any atom is 0.274 e. The second-order valence-electron chi connectivity index (χ2n) is 5.14. The zero-order chi connectivity index (χ0) is 14.8. The van der Waals surface area contributed by atoms with Gasteiger partial charge in [0.15, 0.2) is 0 Å². The molecule has 0 spiro atoms. The lowest BCUT2D eigenvalue weighted by atomic mass is 10.1. The molecule has 1 aromatic carbocycles. The van der Waals surface area contributed by atoms with Crippen LogP contribution in [0.4, 0.5) is 0 Å². The van der Waals surface area contributed by atoms with E-state index in [1.165, 1.54) is 11.3 Å². The molecular formula is C15H18N2O3S. The molecule has 0 radical (unpaired) electrons. The lowest BCUT2D eigenvalue weighted by Gasteiger charge is -2.30. The van der Waals surface area contributed by atoms with Crippen LogP contribution in [0.5, 0.6) is 10.9 Å². The Labute approximate surface area is 127 Å². The van der Waals surface area contributed by atoms with Crippen LogP contribution in [0.3, 0.4) is 0 Å². The van der Waals surface area contributed by atoms with Crippen LogP contribution in [0, 0.1) is 0 Å². The number of likely N-dealkylation sites (tertiary alicyclic amines) is 1. The molecule has 1 fully saturated rings. The van der Waals surface area contributed by atoms with E-state index in [9.17, 15) is 4.79 Å². The van der Waals surface area contributed by atoms with Crippen molar-refractivity contribution in [2.45, 2.75) is 25.9 Å². The van der Waals surface area contributed by atoms with Gasteiger partial charge in [-0.05, 0) is 18.2 Å². The predicted molar refractivity (Wildman–Crippen MR) is 82.1 cm³/mol. The summed E-state index contributed by atoms with van der Waals surface area (Å²) in [4.78, 5) is 17.7. The molecule has 1 saturated heterocycles. The van der Waals surface area contributed by atoms with Crippen molar-refractivity contribution in [2.24, 2.45) is 0 Å². The smallest absolute Gasteiger partial charge is 0.274 e. The average Bonchev–Trinajstić information content (AvgIpc) is 2.88. The van der Waals surface area contributed by atoms with Crippen LogP contribution in [-0.2, 0) is 4.79 Å². The SMILES string of the molecule is COc1ccc2nc(OC3CCN(C(C)=O)CC3)sc2c1. The number of nitrogens with zero attached hydrogens (tertiary/aromatic N) is 2. The minimum Gasteiger partial charge on any atom is -0.497 e. The quantitative estimate of drug-likeness (QED) is 0.875. The molecule has 1 aliphatic heterocycles. The van der Waals surface area contributed by atoms with Crippen LogP contribution in [-0.4, -0.2) is 42.1 Å². The van der Waals surface area contributed by atoms with Gasteiger partial charge in [-0.3, -0.25) is 4.79 Å². The summed E-state index contributed by atoms with van der Waals surface area (Å²) in [5.41, 5.74) is 0.928. The van der Waals surface area contributed by atoms with Crippen molar-refractivity contribution >= 4 is 27.5 Å². The molecule has 0 saturated carbocycles. The Bertz CT molecular complexity index is 647. The second kappa shape index (κ2) is 5.89. The number of aromatic nitrogens is 1. The van der Waals surface area contributed by atoms with Crippen LogP contribution >= 0.6 is 11.3 Å². The first-order valence-corrected chi connectivity index (χ1v) is 7.84. The fraction of sp³-hybridized carbons (Fsp3) is 0.467. The highest BCUT2D eigenvalue weighted by Crippen LogP contribution is 2.32. The number of fused-ring (bicyclic) bond motifs is 1. The van der Waals surface area contributed by atoms with Crippen molar-refractivity contribution in [1.29, 1.82) is 0 Å². The third-order valence-corrected chi connectivity index (χ3v) is 4.64. The highest BCUT2D eigenvalue weighted by Gasteiger charge is 2.22. The van der Waals surface area contributed by atoms with Crippen molar-refractivity contribution in [3.05, 3.63) is 18.2 Å². The zero-order valence-electron chi connectivity index (χ0n) is 12.2. The van der Waals surface area contributed by atoms with Crippen molar-refractivity contribution < 1.29 is 14.3 Å². The first-order chi connectivity index (χ1) is 10.2. The Kier molecular flexibility index (Phi) is 3.96. The predicted octanol–water partition coefficient (Wildman–Crippen LogP) is 2.69. The summed E-state index contributed by atoms with van der Waals surface area (Å²) < 4.78 is 12.2. The lowest BCUT2D eigenvalue weighted by Crippen LogP contribution is -2.40. The summed E-state index contributed by atoms with van der Waals surface area (Å²) in [7, 11) is 1.66. The molecule has 5 nitrogen and oxygen atoms in total. The highest BCUT2D eigenvalue weighted by atomic mass is 32.1. The van der Waals surface area contributed by atoms with E-state index in [4.69, 9.17) is 9.47 Å². The molecule has 0 aliphatic carbocycles. The molecule has 0 atom stereocenters. The van der Waals surface area contributed by atoms with Crippen molar-refractivity contribution in [3.63, 3.8) is 0 Å². The Morgan fingerprint density at radius 2 is 2.14 bits per heavy atom. The van der Waals surface area contributed by atoms with E-state index in [-0.39, 0.29) is 12.0 Å². The van der Waals surface area contributed by atoms with E-state index in [0.717, 1.165) is 41.9 Å². The van der Waals surface area contributed by atoms with Gasteiger partial charge in [0.25, 0.3) is 5.19 Å². The fourth-order valence-electron chi connectivity index (χ4n) is 2.49. The summed E-state index contributed by atoms with van der Waals surface area (Å²) in [5.74, 6) is 0.966. The van der Waals surface area contributed by atoms with E-state index in [0.29, 0.717) is 5.19 Å². The van der Waals surface area contributed by atoms with Gasteiger partial charge in [0, 0.05) is 32.9 Å². The van der Waals surface area contributed by atoms with Crippen LogP contribution in [0.25, 0.3) is 10.2 Å². The molecule has 1 amide bonds. The monoisotopic (exact) mass is 306 g/mol. The molecule has 21 heavy (non-hydrogen) atoms. The van der Waals surface area contributed by atoms with E-state index in [1.807, 2.05) is 23.1 Å². The van der Waals surface area contributed by atoms with Crippen LogP contribution < -0.4 is 9.47 Å². The van der Waals surface area contributed by atoms with Crippen molar-refractivity contribution in [1.82, 2.24) is 9.88 Å². The maximum absolute atomic E-state index is 11.3. The number of carbonyl (C=O) groups excluding carboxylic acids is 1. The minimum atomic E-state index is 0.139. The maximum atomic E-state index is 11.3. The lowest BCUT2D eigenvalue weighted by molar-refractivity contribution is -0.130. The number of hydrogen-bond acceptors (Lipinski definition) is 5. The zero-order valence-corrected chi connectivity index (χ0v) is 13.0. The molecule has 1 aliphatic rings. The molecule has 0 bridgehead atoms. The molecule has 112 valence electrons. The van der Waals surface area contributed by atoms with Gasteiger partial charge in [-0.2, -0.15) is 0 Å². The molecule has 2 aromatic rings. The molecule has 1 aromatic heterocycles. The summed E-state index contributed by atoms with van der Waals surface area (Å²) in [6.07, 6.45) is 1.86. The number of ether oxygens (including phenoxy) is 2. The van der Waals surface area contributed by atoms with E-state index >= 15 is 0 Å². The van der Waals surface area contributed by atoms with Crippen molar-refractivity contribution in [2.75, 3.05) is 20.2 Å². The number of methoxy groups -OCH3 is 1. The molecule has 3 rings (SSSR count). The number of amides is 1. The number of rotatable bonds is 3. The fourth-order valence-corrected chi connectivity index (χ4v) is 3.40. The summed E-state index contributed by atoms with van der Waals surface area (Å²) >= 11 is 1.53. The van der Waals surface area contributed by atoms with Gasteiger partial charge in [-0.25, -0.2) is 4.98 Å². The number of piperidine rings is 1. The molecule has 2 heterocycles. The first-order valence-electron chi connectivity index (χ1n) is 7.02. The number of carbonyl (C=O) groups is 1. The first kappa shape index (κ1) is 14.1. The standard InChI is InChI=1S/C15H18N2O3S/c1-10(18)17-7-5-11(6-8-17)20-15-16-13-4-3-12(19-2)9-14(13)21-15/h3-4,9,11H,5-8H2,1-2H3. The Balaban J connectivity index is 1.67. The van der Waals surface area contributed by atoms with Gasteiger partial charge in [-0.15, -0.1) is 0 Å². The topological polar surface area (TPSA) is 51.7 Å². The van der Waals surface area contributed by atoms with Gasteiger partial charge in [0.2, 0.25) is 5.91 Å². The van der Waals surface area contributed by atoms with Crippen molar-refractivity contribution in [3.8, 4) is 10.9 Å². The Hall–Kier alpha value is -1.82. The van der Waals surface area contributed by atoms with Crippen LogP contribution in [0.2, 0.25) is 0 Å². The molecule has 0 N–H and O–H groups in total. The van der Waals surface area contributed by atoms with E-state index in [1.54, 1.807) is 14.0 Å².